The number of benzene rings is 1. The van der Waals surface area contributed by atoms with Gasteiger partial charge in [-0.1, -0.05) is 0 Å². The van der Waals surface area contributed by atoms with Gasteiger partial charge in [-0.15, -0.1) is 0 Å². The maximum absolute atomic E-state index is 12.5. The van der Waals surface area contributed by atoms with Gasteiger partial charge >= 0.3 is 0 Å². The fourth-order valence-corrected chi connectivity index (χ4v) is 3.00. The topological polar surface area (TPSA) is 79.8 Å². The molecule has 3 amide bonds. The van der Waals surface area contributed by atoms with E-state index >= 15 is 0 Å². The molecule has 0 spiro atoms. The molecule has 0 unspecified atom stereocenters. The summed E-state index contributed by atoms with van der Waals surface area (Å²) in [5, 5.41) is 0. The van der Waals surface area contributed by atoms with Crippen LogP contribution in [0, 0.1) is 0 Å². The van der Waals surface area contributed by atoms with Crippen molar-refractivity contribution in [3.8, 4) is 0 Å². The summed E-state index contributed by atoms with van der Waals surface area (Å²) < 4.78 is 5.25. The molecule has 7 heteroatoms. The quantitative estimate of drug-likeness (QED) is 0.773. The van der Waals surface area contributed by atoms with Gasteiger partial charge in [0, 0.05) is 24.8 Å². The monoisotopic (exact) mass is 337 g/mol. The number of carbonyl (C=O) groups is 3. The molecule has 0 aliphatic carbocycles. The fourth-order valence-electron chi connectivity index (χ4n) is 3.00. The van der Waals surface area contributed by atoms with E-state index in [2.05, 4.69) is 4.98 Å². The molecule has 2 aromatic rings. The molecular formula is C18H15N3O4. The number of hydrogen-bond donors (Lipinski definition) is 0. The highest BCUT2D eigenvalue weighted by atomic mass is 16.5. The van der Waals surface area contributed by atoms with Gasteiger partial charge in [-0.2, -0.15) is 0 Å². The number of imide groups is 1. The molecular weight excluding hydrogens is 322 g/mol. The van der Waals surface area contributed by atoms with Crippen molar-refractivity contribution in [1.29, 1.82) is 0 Å². The number of ether oxygens (including phenoxy) is 1. The van der Waals surface area contributed by atoms with Crippen LogP contribution in [0.3, 0.4) is 0 Å². The number of amides is 3. The smallest absolute Gasteiger partial charge is 0.284 e. The van der Waals surface area contributed by atoms with Gasteiger partial charge in [-0.3, -0.25) is 19.4 Å². The first-order valence-corrected chi connectivity index (χ1v) is 7.98. The lowest BCUT2D eigenvalue weighted by Crippen LogP contribution is -2.40. The Balaban J connectivity index is 1.58. The summed E-state index contributed by atoms with van der Waals surface area (Å²) in [4.78, 5) is 44.1. The van der Waals surface area contributed by atoms with E-state index in [9.17, 15) is 14.4 Å². The number of aromatic nitrogens is 1. The number of anilines is 1. The van der Waals surface area contributed by atoms with E-state index in [1.807, 2.05) is 0 Å². The average Bonchev–Trinajstić information content (AvgIpc) is 2.93. The number of nitrogens with zero attached hydrogens (tertiary/aromatic N) is 3. The predicted molar refractivity (Wildman–Crippen MR) is 88.5 cm³/mol. The predicted octanol–water partition coefficient (Wildman–Crippen LogP) is 1.35. The van der Waals surface area contributed by atoms with E-state index in [-0.39, 0.29) is 11.6 Å². The zero-order valence-corrected chi connectivity index (χ0v) is 13.3. The molecule has 0 bridgehead atoms. The number of carbonyl (C=O) groups excluding carboxylic acids is 3. The van der Waals surface area contributed by atoms with Crippen molar-refractivity contribution >= 4 is 23.4 Å². The summed E-state index contributed by atoms with van der Waals surface area (Å²) >= 11 is 0. The molecule has 3 heterocycles. The minimum Gasteiger partial charge on any atom is -0.378 e. The molecule has 2 aliphatic heterocycles. The van der Waals surface area contributed by atoms with E-state index < -0.39 is 11.8 Å². The number of rotatable bonds is 2. The average molecular weight is 337 g/mol. The van der Waals surface area contributed by atoms with Gasteiger partial charge < -0.3 is 9.64 Å². The standard InChI is InChI=1S/C18H15N3O4/c22-16(20-8-10-25-11-9-20)12-3-5-13(6-4-12)21-17(23)14-2-1-7-19-15(14)18(21)24/h1-7H,8-11H2. The molecule has 0 atom stereocenters. The summed E-state index contributed by atoms with van der Waals surface area (Å²) in [5.74, 6) is -0.938. The van der Waals surface area contributed by atoms with E-state index in [4.69, 9.17) is 4.74 Å². The third kappa shape index (κ3) is 2.58. The van der Waals surface area contributed by atoms with Crippen molar-refractivity contribution in [2.45, 2.75) is 0 Å². The van der Waals surface area contributed by atoms with Gasteiger partial charge in [0.25, 0.3) is 17.7 Å². The van der Waals surface area contributed by atoms with Gasteiger partial charge in [0.2, 0.25) is 0 Å². The Bertz CT molecular complexity index is 822. The van der Waals surface area contributed by atoms with Crippen LogP contribution >= 0.6 is 0 Å². The van der Waals surface area contributed by atoms with Gasteiger partial charge in [-0.05, 0) is 36.4 Å². The summed E-state index contributed by atoms with van der Waals surface area (Å²) in [6.07, 6.45) is 1.48. The van der Waals surface area contributed by atoms with Crippen molar-refractivity contribution in [3.05, 3.63) is 59.4 Å². The summed E-state index contributed by atoms with van der Waals surface area (Å²) in [6, 6.07) is 9.68. The minimum absolute atomic E-state index is 0.0844. The normalized spacial score (nSPS) is 17.0. The lowest BCUT2D eigenvalue weighted by molar-refractivity contribution is 0.0303. The molecule has 4 rings (SSSR count). The first kappa shape index (κ1) is 15.5. The van der Waals surface area contributed by atoms with Crippen LogP contribution in [0.15, 0.2) is 42.6 Å². The molecule has 0 radical (unpaired) electrons. The van der Waals surface area contributed by atoms with E-state index in [1.54, 1.807) is 41.3 Å². The van der Waals surface area contributed by atoms with Crippen LogP contribution < -0.4 is 4.90 Å². The van der Waals surface area contributed by atoms with Crippen LogP contribution in [0.25, 0.3) is 0 Å². The lowest BCUT2D eigenvalue weighted by Gasteiger charge is -2.27. The summed E-state index contributed by atoms with van der Waals surface area (Å²) in [6.45, 7) is 2.19. The third-order valence-electron chi connectivity index (χ3n) is 4.32. The van der Waals surface area contributed by atoms with Gasteiger partial charge in [-0.25, -0.2) is 4.90 Å². The number of morpholine rings is 1. The van der Waals surface area contributed by atoms with E-state index in [0.29, 0.717) is 43.1 Å². The van der Waals surface area contributed by atoms with Gasteiger partial charge in [0.1, 0.15) is 5.69 Å². The Kier molecular flexibility index (Phi) is 3.77. The molecule has 2 aliphatic rings. The molecule has 0 saturated carbocycles. The van der Waals surface area contributed by atoms with Crippen molar-refractivity contribution in [1.82, 2.24) is 9.88 Å². The Morgan fingerprint density at radius 3 is 2.40 bits per heavy atom. The number of fused-ring (bicyclic) bond motifs is 1. The summed E-state index contributed by atoms with van der Waals surface area (Å²) in [5.41, 5.74) is 1.38. The van der Waals surface area contributed by atoms with Crippen LogP contribution in [-0.2, 0) is 4.74 Å². The van der Waals surface area contributed by atoms with Crippen molar-refractivity contribution in [3.63, 3.8) is 0 Å². The molecule has 0 N–H and O–H groups in total. The molecule has 25 heavy (non-hydrogen) atoms. The first-order valence-electron chi connectivity index (χ1n) is 7.98. The zero-order chi connectivity index (χ0) is 17.4. The van der Waals surface area contributed by atoms with Gasteiger partial charge in [0.15, 0.2) is 0 Å². The highest BCUT2D eigenvalue weighted by Gasteiger charge is 2.37. The molecule has 1 fully saturated rings. The van der Waals surface area contributed by atoms with Crippen LogP contribution in [0.1, 0.15) is 31.2 Å². The molecule has 7 nitrogen and oxygen atoms in total. The Hall–Kier alpha value is -3.06. The maximum Gasteiger partial charge on any atom is 0.284 e. The summed E-state index contributed by atoms with van der Waals surface area (Å²) in [7, 11) is 0. The Labute approximate surface area is 143 Å². The third-order valence-corrected chi connectivity index (χ3v) is 4.32. The lowest BCUT2D eigenvalue weighted by atomic mass is 10.1. The van der Waals surface area contributed by atoms with Crippen LogP contribution in [-0.4, -0.2) is 53.9 Å². The molecule has 1 aromatic heterocycles. The Morgan fingerprint density at radius 2 is 1.72 bits per heavy atom. The van der Waals surface area contributed by atoms with Gasteiger partial charge in [0.05, 0.1) is 24.5 Å². The van der Waals surface area contributed by atoms with Crippen LogP contribution in [0.2, 0.25) is 0 Å². The second kappa shape index (κ2) is 6.10. The number of hydrogen-bond acceptors (Lipinski definition) is 5. The molecule has 1 saturated heterocycles. The second-order valence-electron chi connectivity index (χ2n) is 5.80. The first-order chi connectivity index (χ1) is 12.2. The largest absolute Gasteiger partial charge is 0.378 e. The molecule has 126 valence electrons. The van der Waals surface area contributed by atoms with Crippen molar-refractivity contribution < 1.29 is 19.1 Å². The van der Waals surface area contributed by atoms with Crippen molar-refractivity contribution in [2.75, 3.05) is 31.2 Å². The zero-order valence-electron chi connectivity index (χ0n) is 13.3. The van der Waals surface area contributed by atoms with Crippen LogP contribution in [0.4, 0.5) is 5.69 Å². The molecule has 1 aromatic carbocycles. The van der Waals surface area contributed by atoms with E-state index in [1.165, 1.54) is 6.20 Å². The minimum atomic E-state index is -0.451. The van der Waals surface area contributed by atoms with Crippen molar-refractivity contribution in [2.24, 2.45) is 0 Å². The van der Waals surface area contributed by atoms with E-state index in [0.717, 1.165) is 4.90 Å². The highest BCUT2D eigenvalue weighted by Crippen LogP contribution is 2.27. The Morgan fingerprint density at radius 1 is 1.00 bits per heavy atom. The van der Waals surface area contributed by atoms with Crippen LogP contribution in [0.5, 0.6) is 0 Å². The maximum atomic E-state index is 12.5. The fraction of sp³-hybridized carbons (Fsp3) is 0.222. The second-order valence-corrected chi connectivity index (χ2v) is 5.80. The highest BCUT2D eigenvalue weighted by molar-refractivity contribution is 6.33. The number of pyridine rings is 1. The SMILES string of the molecule is O=C(c1ccc(N2C(=O)c3cccnc3C2=O)cc1)N1CCOCC1.